The van der Waals surface area contributed by atoms with Crippen molar-refractivity contribution in [2.75, 3.05) is 7.11 Å². The Bertz CT molecular complexity index is 355. The van der Waals surface area contributed by atoms with Crippen molar-refractivity contribution >= 4 is 11.8 Å². The molecule has 0 aliphatic carbocycles. The highest BCUT2D eigenvalue weighted by Crippen LogP contribution is 2.39. The minimum absolute atomic E-state index is 0.0130. The molecule has 1 atom stereocenters. The van der Waals surface area contributed by atoms with E-state index in [0.717, 1.165) is 11.3 Å². The maximum absolute atomic E-state index is 6.02. The van der Waals surface area contributed by atoms with E-state index in [4.69, 9.17) is 10.5 Å². The summed E-state index contributed by atoms with van der Waals surface area (Å²) in [5.41, 5.74) is 7.12. The number of ether oxygens (including phenoxy) is 1. The number of thioether (sulfide) groups is 1. The van der Waals surface area contributed by atoms with Crippen molar-refractivity contribution in [1.29, 1.82) is 0 Å². The molecule has 90 valence electrons. The van der Waals surface area contributed by atoms with Crippen molar-refractivity contribution in [3.63, 3.8) is 0 Å². The van der Waals surface area contributed by atoms with E-state index in [-0.39, 0.29) is 10.8 Å². The number of rotatable bonds is 3. The topological polar surface area (TPSA) is 35.2 Å². The van der Waals surface area contributed by atoms with Gasteiger partial charge in [-0.2, -0.15) is 0 Å². The fraction of sp³-hybridized carbons (Fsp3) is 0.538. The number of nitrogens with two attached hydrogens (primary N) is 1. The van der Waals surface area contributed by atoms with Crippen molar-refractivity contribution in [2.24, 2.45) is 5.73 Å². The molecule has 0 aliphatic rings. The maximum atomic E-state index is 6.02. The molecule has 16 heavy (non-hydrogen) atoms. The van der Waals surface area contributed by atoms with Crippen LogP contribution in [-0.4, -0.2) is 11.9 Å². The van der Waals surface area contributed by atoms with Crippen LogP contribution in [0.15, 0.2) is 23.1 Å². The maximum Gasteiger partial charge on any atom is 0.124 e. The molecule has 0 heterocycles. The predicted octanol–water partition coefficient (Wildman–Crippen LogP) is 3.61. The molecule has 0 saturated heterocycles. The predicted molar refractivity (Wildman–Crippen MR) is 71.2 cm³/mol. The molecule has 0 bridgehead atoms. The molecule has 1 aromatic rings. The Balaban J connectivity index is 3.17. The number of hydrogen-bond donors (Lipinski definition) is 1. The molecule has 0 aliphatic heterocycles. The first-order valence-corrected chi connectivity index (χ1v) is 6.28. The quantitative estimate of drug-likeness (QED) is 0.818. The summed E-state index contributed by atoms with van der Waals surface area (Å²) in [6.45, 7) is 8.58. The van der Waals surface area contributed by atoms with Gasteiger partial charge < -0.3 is 10.5 Å². The number of methoxy groups -OCH3 is 1. The second kappa shape index (κ2) is 5.11. The Morgan fingerprint density at radius 1 is 1.31 bits per heavy atom. The van der Waals surface area contributed by atoms with Gasteiger partial charge in [0.15, 0.2) is 0 Å². The lowest BCUT2D eigenvalue weighted by atomic mass is 10.1. The summed E-state index contributed by atoms with van der Waals surface area (Å²) in [5.74, 6) is 0.879. The molecule has 3 heteroatoms. The summed E-state index contributed by atoms with van der Waals surface area (Å²) in [4.78, 5) is 1.21. The molecular weight excluding hydrogens is 218 g/mol. The van der Waals surface area contributed by atoms with Gasteiger partial charge >= 0.3 is 0 Å². The van der Waals surface area contributed by atoms with Gasteiger partial charge in [0, 0.05) is 21.2 Å². The van der Waals surface area contributed by atoms with Gasteiger partial charge in [0.05, 0.1) is 7.11 Å². The summed E-state index contributed by atoms with van der Waals surface area (Å²) < 4.78 is 5.55. The van der Waals surface area contributed by atoms with Gasteiger partial charge in [0.1, 0.15) is 5.75 Å². The minimum Gasteiger partial charge on any atom is -0.496 e. The Labute approximate surface area is 103 Å². The molecule has 0 amide bonds. The molecule has 1 rings (SSSR count). The van der Waals surface area contributed by atoms with Gasteiger partial charge in [-0.25, -0.2) is 0 Å². The first-order valence-electron chi connectivity index (χ1n) is 5.46. The van der Waals surface area contributed by atoms with Gasteiger partial charge in [0.25, 0.3) is 0 Å². The van der Waals surface area contributed by atoms with E-state index in [9.17, 15) is 0 Å². The Morgan fingerprint density at radius 2 is 1.94 bits per heavy atom. The van der Waals surface area contributed by atoms with Crippen molar-refractivity contribution in [2.45, 2.75) is 43.4 Å². The van der Waals surface area contributed by atoms with Crippen molar-refractivity contribution in [3.05, 3.63) is 23.8 Å². The summed E-state index contributed by atoms with van der Waals surface area (Å²) in [6.07, 6.45) is 0. The zero-order valence-corrected chi connectivity index (χ0v) is 11.5. The molecule has 0 unspecified atom stereocenters. The van der Waals surface area contributed by atoms with Crippen molar-refractivity contribution < 1.29 is 4.74 Å². The largest absolute Gasteiger partial charge is 0.496 e. The van der Waals surface area contributed by atoms with Crippen molar-refractivity contribution in [3.8, 4) is 5.75 Å². The molecule has 2 nitrogen and oxygen atoms in total. The van der Waals surface area contributed by atoms with Crippen LogP contribution in [-0.2, 0) is 0 Å². The molecule has 0 fully saturated rings. The van der Waals surface area contributed by atoms with Crippen LogP contribution in [0.1, 0.15) is 39.3 Å². The standard InChI is InChI=1S/C13H21NOS/c1-9(14)12-10(15-5)7-6-8-11(12)16-13(2,3)4/h6-9H,14H2,1-5H3/t9-/m0/s1. The summed E-state index contributed by atoms with van der Waals surface area (Å²) in [5, 5.41) is 0. The summed E-state index contributed by atoms with van der Waals surface area (Å²) in [7, 11) is 1.69. The fourth-order valence-electron chi connectivity index (χ4n) is 1.57. The molecule has 0 spiro atoms. The average molecular weight is 239 g/mol. The summed E-state index contributed by atoms with van der Waals surface area (Å²) >= 11 is 1.83. The van der Waals surface area contributed by atoms with E-state index in [1.165, 1.54) is 4.90 Å². The second-order valence-corrected chi connectivity index (χ2v) is 6.74. The summed E-state index contributed by atoms with van der Waals surface area (Å²) in [6, 6.07) is 6.07. The highest BCUT2D eigenvalue weighted by molar-refractivity contribution is 8.00. The first-order chi connectivity index (χ1) is 7.35. The number of benzene rings is 1. The lowest BCUT2D eigenvalue weighted by molar-refractivity contribution is 0.405. The van der Waals surface area contributed by atoms with Crippen LogP contribution in [0.2, 0.25) is 0 Å². The monoisotopic (exact) mass is 239 g/mol. The first kappa shape index (κ1) is 13.4. The van der Waals surface area contributed by atoms with Crippen LogP contribution >= 0.6 is 11.8 Å². The second-order valence-electron chi connectivity index (χ2n) is 4.88. The molecule has 2 N–H and O–H groups in total. The third-order valence-electron chi connectivity index (χ3n) is 2.12. The smallest absolute Gasteiger partial charge is 0.124 e. The zero-order chi connectivity index (χ0) is 12.3. The lowest BCUT2D eigenvalue weighted by Gasteiger charge is -2.22. The van der Waals surface area contributed by atoms with Crippen LogP contribution in [0.3, 0.4) is 0 Å². The molecule has 0 saturated carbocycles. The Kier molecular flexibility index (Phi) is 4.28. The van der Waals surface area contributed by atoms with Gasteiger partial charge in [-0.15, -0.1) is 11.8 Å². The third kappa shape index (κ3) is 3.42. The van der Waals surface area contributed by atoms with E-state index in [1.54, 1.807) is 7.11 Å². The molecule has 1 aromatic carbocycles. The van der Waals surface area contributed by atoms with E-state index in [0.29, 0.717) is 0 Å². The van der Waals surface area contributed by atoms with E-state index < -0.39 is 0 Å². The van der Waals surface area contributed by atoms with Crippen LogP contribution in [0.25, 0.3) is 0 Å². The van der Waals surface area contributed by atoms with Crippen LogP contribution in [0, 0.1) is 0 Å². The van der Waals surface area contributed by atoms with E-state index >= 15 is 0 Å². The lowest BCUT2D eigenvalue weighted by Crippen LogP contribution is -2.12. The SMILES string of the molecule is COc1cccc(SC(C)(C)C)c1[C@H](C)N. The third-order valence-corrected chi connectivity index (χ3v) is 3.31. The number of hydrogen-bond acceptors (Lipinski definition) is 3. The van der Waals surface area contributed by atoms with Gasteiger partial charge in [-0.3, -0.25) is 0 Å². The van der Waals surface area contributed by atoms with Gasteiger partial charge in [-0.1, -0.05) is 26.8 Å². The normalized spacial score (nSPS) is 13.6. The Hall–Kier alpha value is -0.670. The fourth-order valence-corrected chi connectivity index (χ4v) is 2.77. The average Bonchev–Trinajstić information content (AvgIpc) is 2.14. The van der Waals surface area contributed by atoms with Crippen molar-refractivity contribution in [1.82, 2.24) is 0 Å². The van der Waals surface area contributed by atoms with E-state index in [1.807, 2.05) is 30.8 Å². The van der Waals surface area contributed by atoms with Gasteiger partial charge in [-0.05, 0) is 19.1 Å². The minimum atomic E-state index is -0.0130. The molecule has 0 aromatic heterocycles. The molecular formula is C13H21NOS. The van der Waals surface area contributed by atoms with Crippen LogP contribution in [0.4, 0.5) is 0 Å². The highest BCUT2D eigenvalue weighted by Gasteiger charge is 2.19. The molecule has 0 radical (unpaired) electrons. The van der Waals surface area contributed by atoms with E-state index in [2.05, 4.69) is 26.8 Å². The van der Waals surface area contributed by atoms with Crippen LogP contribution in [0.5, 0.6) is 5.75 Å². The highest BCUT2D eigenvalue weighted by atomic mass is 32.2. The Morgan fingerprint density at radius 3 is 2.38 bits per heavy atom. The zero-order valence-electron chi connectivity index (χ0n) is 10.7. The van der Waals surface area contributed by atoms with Gasteiger partial charge in [0.2, 0.25) is 0 Å². The van der Waals surface area contributed by atoms with Crippen LogP contribution < -0.4 is 10.5 Å².